The van der Waals surface area contributed by atoms with E-state index in [1.165, 1.54) is 26.6 Å². The molecule has 0 aromatic rings. The molecule has 0 radical (unpaired) electrons. The highest BCUT2D eigenvalue weighted by Crippen LogP contribution is 1.39. The SMILES string of the molecule is O=S=S=S=S=S=S=S=S=S=S=S=S=S. The molecule has 0 bridgehead atoms. The van der Waals surface area contributed by atoms with Crippen molar-refractivity contribution >= 4 is 119 Å². The molecule has 0 saturated carbocycles. The molecule has 84 valence electrons. The predicted molar refractivity (Wildman–Crippen MR) is 96.5 cm³/mol. The van der Waals surface area contributed by atoms with E-state index in [9.17, 15) is 4.21 Å². The summed E-state index contributed by atoms with van der Waals surface area (Å²) in [5.74, 6) is 0. The van der Waals surface area contributed by atoms with Crippen molar-refractivity contribution in [3.63, 3.8) is 0 Å². The molecule has 0 fully saturated rings. The maximum atomic E-state index is 9.97. The van der Waals surface area contributed by atoms with Crippen LogP contribution in [0.3, 0.4) is 0 Å². The van der Waals surface area contributed by atoms with Crippen LogP contribution >= 0.6 is 0 Å². The fraction of sp³-hybridized carbons (Fsp3) is 0. The Bertz CT molecular complexity index is 573. The van der Waals surface area contributed by atoms with Gasteiger partial charge < -0.3 is 0 Å². The quantitative estimate of drug-likeness (QED) is 0.520. The average Bonchev–Trinajstić information content (AvgIpc) is 2.21. The molecule has 0 spiro atoms. The lowest BCUT2D eigenvalue weighted by Gasteiger charge is -1.38. The molecule has 0 aromatic heterocycles. The second kappa shape index (κ2) is 15.7. The van der Waals surface area contributed by atoms with Gasteiger partial charge in [0.15, 0.2) is 10.2 Å². The van der Waals surface area contributed by atoms with Crippen LogP contribution in [0.2, 0.25) is 0 Å². The molecular formula is OS13. The van der Waals surface area contributed by atoms with Gasteiger partial charge in [-0.3, -0.25) is 0 Å². The Morgan fingerprint density at radius 1 is 0.571 bits per heavy atom. The van der Waals surface area contributed by atoms with Crippen LogP contribution < -0.4 is 0 Å². The molecule has 0 unspecified atom stereocenters. The van der Waals surface area contributed by atoms with Gasteiger partial charge in [-0.15, -0.1) is 0 Å². The first-order valence-electron chi connectivity index (χ1n) is 2.17. The van der Waals surface area contributed by atoms with E-state index in [4.69, 9.17) is 11.2 Å². The van der Waals surface area contributed by atoms with Gasteiger partial charge in [-0.2, -0.15) is 4.21 Å². The molecule has 0 rings (SSSR count). The molecule has 1 nitrogen and oxygen atoms in total. The fourth-order valence-corrected chi connectivity index (χ4v) is 25.7. The van der Waals surface area contributed by atoms with Crippen molar-refractivity contribution in [3.8, 4) is 0 Å². The number of hydrogen-bond donors (Lipinski definition) is 0. The minimum Gasteiger partial charge on any atom is -0.200 e. The molecule has 0 aromatic carbocycles. The summed E-state index contributed by atoms with van der Waals surface area (Å²) in [7, 11) is 18.0. The molecule has 14 heavy (non-hydrogen) atoms. The Morgan fingerprint density at radius 2 is 0.929 bits per heavy atom. The van der Waals surface area contributed by atoms with Gasteiger partial charge in [-0.25, -0.2) is 0 Å². The van der Waals surface area contributed by atoms with E-state index in [-0.39, 0.29) is 0 Å². The normalized spacial score (nSPS) is 7.14. The first-order chi connectivity index (χ1) is 6.91. The van der Waals surface area contributed by atoms with Gasteiger partial charge >= 0.3 is 0 Å². The minimum atomic E-state index is 0.531. The maximum Gasteiger partial charge on any atom is 0.168 e. The third-order valence-electron chi connectivity index (χ3n) is 0.306. The Morgan fingerprint density at radius 3 is 1.29 bits per heavy atom. The van der Waals surface area contributed by atoms with Crippen LogP contribution in [0.25, 0.3) is 0 Å². The van der Waals surface area contributed by atoms with Crippen molar-refractivity contribution in [2.45, 2.75) is 0 Å². The van der Waals surface area contributed by atoms with E-state index in [2.05, 4.69) is 0 Å². The van der Waals surface area contributed by atoms with Gasteiger partial charge in [0.2, 0.25) is 0 Å². The number of rotatable bonds is 0. The molecular weight excluding hydrogens is 433 g/mol. The van der Waals surface area contributed by atoms with Gasteiger partial charge in [0.05, 0.1) is 0 Å². The first kappa shape index (κ1) is 16.7. The summed E-state index contributed by atoms with van der Waals surface area (Å²) in [5, 5.41) is 0. The summed E-state index contributed by atoms with van der Waals surface area (Å²) in [6.45, 7) is 0. The lowest BCUT2D eigenvalue weighted by molar-refractivity contribution is 0.702. The molecule has 0 atom stereocenters. The highest BCUT2D eigenvalue weighted by atomic mass is 33.5. The molecule has 0 aliphatic carbocycles. The van der Waals surface area contributed by atoms with E-state index in [0.29, 0.717) is 10.2 Å². The van der Waals surface area contributed by atoms with Crippen LogP contribution in [-0.2, 0) is 119 Å². The number of hydrogen-bond acceptors (Lipinski definition) is 2. The third-order valence-corrected chi connectivity index (χ3v) is 23.2. The van der Waals surface area contributed by atoms with E-state index in [0.717, 1.165) is 0 Å². The van der Waals surface area contributed by atoms with Gasteiger partial charge in [-0.05, 0) is 0 Å². The predicted octanol–water partition coefficient (Wildman–Crippen LogP) is -0.365. The van der Waals surface area contributed by atoms with Gasteiger partial charge in [0.25, 0.3) is 0 Å². The van der Waals surface area contributed by atoms with E-state index < -0.39 is 0 Å². The highest BCUT2D eigenvalue weighted by Gasteiger charge is 1.40. The lowest BCUT2D eigenvalue weighted by atomic mass is 16.0. The van der Waals surface area contributed by atoms with Crippen molar-refractivity contribution in [2.24, 2.45) is 0 Å². The van der Waals surface area contributed by atoms with Crippen LogP contribution in [0.5, 0.6) is 0 Å². The Kier molecular flexibility index (Phi) is 18.6. The summed E-state index contributed by atoms with van der Waals surface area (Å²) in [6.07, 6.45) is 0. The summed E-state index contributed by atoms with van der Waals surface area (Å²) >= 11 is 4.70. The Hall–Kier alpha value is 2.66. The van der Waals surface area contributed by atoms with Gasteiger partial charge in [0, 0.05) is 109 Å². The molecule has 0 aliphatic rings. The van der Waals surface area contributed by atoms with Gasteiger partial charge in [-0.1, -0.05) is 0 Å². The standard InChI is InChI=1S/OS13/c1-3-5-7-9-11-13-14-12-10-8-6-4-2. The van der Waals surface area contributed by atoms with Crippen LogP contribution in [0.4, 0.5) is 0 Å². The van der Waals surface area contributed by atoms with Crippen molar-refractivity contribution in [1.29, 1.82) is 0 Å². The largest absolute Gasteiger partial charge is 0.200 e. The second-order valence-electron chi connectivity index (χ2n) is 0.816. The average molecular weight is 433 g/mol. The molecule has 0 aliphatic heterocycles. The molecule has 0 amide bonds. The fourth-order valence-electron chi connectivity index (χ4n) is 0.113. The smallest absolute Gasteiger partial charge is 0.168 e. The topological polar surface area (TPSA) is 17.1 Å². The lowest BCUT2D eigenvalue weighted by Crippen LogP contribution is -1.39. The molecule has 0 N–H and O–H groups in total. The van der Waals surface area contributed by atoms with Crippen LogP contribution in [0, 0.1) is 0 Å². The third kappa shape index (κ3) is 14.7. The molecule has 0 saturated heterocycles. The highest BCUT2D eigenvalue weighted by molar-refractivity contribution is 8.75. The Balaban J connectivity index is 5.57. The van der Waals surface area contributed by atoms with Crippen molar-refractivity contribution < 1.29 is 4.21 Å². The second-order valence-corrected chi connectivity index (χ2v) is 20.8. The molecule has 14 heteroatoms. The molecule has 0 heterocycles. The van der Waals surface area contributed by atoms with Crippen molar-refractivity contribution in [1.82, 2.24) is 0 Å². The van der Waals surface area contributed by atoms with Crippen molar-refractivity contribution in [2.75, 3.05) is 0 Å². The maximum absolute atomic E-state index is 9.97. The Labute approximate surface area is 121 Å². The van der Waals surface area contributed by atoms with Crippen LogP contribution in [0.1, 0.15) is 0 Å². The zero-order chi connectivity index (χ0) is 10.5. The van der Waals surface area contributed by atoms with Crippen LogP contribution in [0.15, 0.2) is 0 Å². The van der Waals surface area contributed by atoms with E-state index in [1.54, 1.807) is 71.0 Å². The van der Waals surface area contributed by atoms with Gasteiger partial charge in [0.1, 0.15) is 0 Å². The van der Waals surface area contributed by atoms with Crippen molar-refractivity contribution in [3.05, 3.63) is 0 Å². The van der Waals surface area contributed by atoms with E-state index >= 15 is 0 Å². The van der Waals surface area contributed by atoms with Crippen LogP contribution in [-0.4, -0.2) is 4.21 Å². The zero-order valence-electron chi connectivity index (χ0n) is 5.72. The first-order valence-corrected chi connectivity index (χ1v) is 18.5. The summed E-state index contributed by atoms with van der Waals surface area (Å²) in [5.41, 5.74) is 0. The van der Waals surface area contributed by atoms with E-state index in [1.807, 2.05) is 0 Å². The summed E-state index contributed by atoms with van der Waals surface area (Å²) in [6, 6.07) is 0. The summed E-state index contributed by atoms with van der Waals surface area (Å²) < 4.78 is 9.97. The minimum absolute atomic E-state index is 0.531. The summed E-state index contributed by atoms with van der Waals surface area (Å²) in [4.78, 5) is 0. The monoisotopic (exact) mass is 432 g/mol. The zero-order valence-corrected chi connectivity index (χ0v) is 16.3.